The molecule has 2 aromatic carbocycles. The molecule has 2 heterocycles. The fourth-order valence-electron chi connectivity index (χ4n) is 2.96. The molecule has 0 spiro atoms. The number of nitrogens with one attached hydrogen (secondary N) is 1. The highest BCUT2D eigenvalue weighted by Gasteiger charge is 2.18. The molecule has 0 saturated heterocycles. The highest BCUT2D eigenvalue weighted by molar-refractivity contribution is 7.89. The second-order valence-corrected chi connectivity index (χ2v) is 8.57. The van der Waals surface area contributed by atoms with Gasteiger partial charge in [0.05, 0.1) is 18.0 Å². The van der Waals surface area contributed by atoms with Crippen molar-refractivity contribution in [3.63, 3.8) is 0 Å². The summed E-state index contributed by atoms with van der Waals surface area (Å²) < 4.78 is 42.8. The molecular weight excluding hydrogens is 415 g/mol. The third-order valence-electron chi connectivity index (χ3n) is 4.36. The minimum Gasteiger partial charge on any atom is -0.307 e. The van der Waals surface area contributed by atoms with E-state index in [4.69, 9.17) is 11.6 Å². The second kappa shape index (κ2) is 7.90. The molecule has 1 N–H and O–H groups in total. The first-order chi connectivity index (χ1) is 13.9. The number of nitrogens with zero attached hydrogens (tertiary/aromatic N) is 3. The van der Waals surface area contributed by atoms with Crippen molar-refractivity contribution in [2.75, 3.05) is 0 Å². The molecule has 0 unspecified atom stereocenters. The fraction of sp³-hybridized carbons (Fsp3) is 0.100. The summed E-state index contributed by atoms with van der Waals surface area (Å²) in [6.07, 6.45) is 1.64. The fourth-order valence-corrected chi connectivity index (χ4v) is 4.24. The highest BCUT2D eigenvalue weighted by atomic mass is 35.5. The predicted molar refractivity (Wildman–Crippen MR) is 109 cm³/mol. The summed E-state index contributed by atoms with van der Waals surface area (Å²) in [5, 5.41) is 0.334. The van der Waals surface area contributed by atoms with E-state index in [0.29, 0.717) is 28.6 Å². The Kier molecular flexibility index (Phi) is 5.31. The average molecular weight is 431 g/mol. The second-order valence-electron chi connectivity index (χ2n) is 6.37. The highest BCUT2D eigenvalue weighted by Crippen LogP contribution is 2.18. The molecule has 0 fully saturated rings. The summed E-state index contributed by atoms with van der Waals surface area (Å²) in [5.74, 6) is 0.172. The zero-order valence-corrected chi connectivity index (χ0v) is 16.7. The molecule has 0 atom stereocenters. The lowest BCUT2D eigenvalue weighted by molar-refractivity contribution is 0.576. The van der Waals surface area contributed by atoms with Gasteiger partial charge in [0.15, 0.2) is 5.65 Å². The largest absolute Gasteiger partial charge is 0.307 e. The normalized spacial score (nSPS) is 11.8. The Morgan fingerprint density at radius 3 is 2.62 bits per heavy atom. The Hall–Kier alpha value is -2.81. The summed E-state index contributed by atoms with van der Waals surface area (Å²) in [5.41, 5.74) is 2.11. The lowest BCUT2D eigenvalue weighted by Crippen LogP contribution is -2.25. The molecule has 9 heteroatoms. The number of fused-ring (bicyclic) bond motifs is 1. The monoisotopic (exact) mass is 430 g/mol. The van der Waals surface area contributed by atoms with Crippen LogP contribution in [0.4, 0.5) is 4.39 Å². The minimum absolute atomic E-state index is 0.0353. The van der Waals surface area contributed by atoms with Crippen LogP contribution in [0.25, 0.3) is 11.2 Å². The van der Waals surface area contributed by atoms with E-state index in [9.17, 15) is 12.8 Å². The van der Waals surface area contributed by atoms with Crippen LogP contribution in [0.3, 0.4) is 0 Å². The van der Waals surface area contributed by atoms with E-state index in [1.165, 1.54) is 24.3 Å². The Balaban J connectivity index is 1.65. The Morgan fingerprint density at radius 2 is 1.86 bits per heavy atom. The van der Waals surface area contributed by atoms with Crippen LogP contribution in [0.15, 0.2) is 71.8 Å². The molecule has 0 aliphatic carbocycles. The van der Waals surface area contributed by atoms with Gasteiger partial charge in [0.1, 0.15) is 17.2 Å². The number of rotatable bonds is 6. The molecule has 0 radical (unpaired) electrons. The van der Waals surface area contributed by atoms with Crippen molar-refractivity contribution in [1.82, 2.24) is 19.3 Å². The molecule has 0 amide bonds. The van der Waals surface area contributed by atoms with E-state index in [1.807, 2.05) is 4.57 Å². The van der Waals surface area contributed by atoms with Crippen molar-refractivity contribution in [2.24, 2.45) is 0 Å². The van der Waals surface area contributed by atoms with Crippen LogP contribution in [-0.2, 0) is 23.1 Å². The standard InChI is InChI=1S/C20H16ClFN4O2S/c21-15-3-1-4-17(11-15)29(27,28)24-12-19-25-18-5-2-10-23-20(18)26(19)13-14-6-8-16(22)9-7-14/h1-11,24H,12-13H2. The summed E-state index contributed by atoms with van der Waals surface area (Å²) in [6, 6.07) is 15.7. The van der Waals surface area contributed by atoms with Crippen LogP contribution in [-0.4, -0.2) is 23.0 Å². The number of sulfonamides is 1. The van der Waals surface area contributed by atoms with Gasteiger partial charge >= 0.3 is 0 Å². The number of aromatic nitrogens is 3. The predicted octanol–water partition coefficient (Wildman–Crippen LogP) is 3.75. The number of pyridine rings is 1. The van der Waals surface area contributed by atoms with Gasteiger partial charge in [-0.2, -0.15) is 0 Å². The number of halogens is 2. The maximum Gasteiger partial charge on any atom is 0.241 e. The lowest BCUT2D eigenvalue weighted by Gasteiger charge is -2.11. The van der Waals surface area contributed by atoms with Crippen LogP contribution in [0.1, 0.15) is 11.4 Å². The molecule has 0 saturated carbocycles. The van der Waals surface area contributed by atoms with Crippen molar-refractivity contribution in [3.05, 3.63) is 89.1 Å². The molecule has 4 rings (SSSR count). The van der Waals surface area contributed by atoms with Crippen molar-refractivity contribution in [3.8, 4) is 0 Å². The Bertz CT molecular complexity index is 1270. The third-order valence-corrected chi connectivity index (χ3v) is 6.00. The van der Waals surface area contributed by atoms with Gasteiger partial charge in [-0.25, -0.2) is 27.5 Å². The summed E-state index contributed by atoms with van der Waals surface area (Å²) >= 11 is 5.90. The first kappa shape index (κ1) is 19.5. The smallest absolute Gasteiger partial charge is 0.241 e. The number of benzene rings is 2. The SMILES string of the molecule is O=S(=O)(NCc1nc2cccnc2n1Cc1ccc(F)cc1)c1cccc(Cl)c1. The topological polar surface area (TPSA) is 76.9 Å². The van der Waals surface area contributed by atoms with Gasteiger partial charge in [-0.15, -0.1) is 0 Å². The van der Waals surface area contributed by atoms with Gasteiger partial charge in [-0.1, -0.05) is 29.8 Å². The van der Waals surface area contributed by atoms with E-state index in [-0.39, 0.29) is 17.3 Å². The van der Waals surface area contributed by atoms with E-state index in [1.54, 1.807) is 42.6 Å². The van der Waals surface area contributed by atoms with E-state index in [0.717, 1.165) is 5.56 Å². The molecule has 4 aromatic rings. The summed E-state index contributed by atoms with van der Waals surface area (Å²) in [4.78, 5) is 8.95. The summed E-state index contributed by atoms with van der Waals surface area (Å²) in [6.45, 7) is 0.342. The molecule has 148 valence electrons. The maximum atomic E-state index is 13.2. The van der Waals surface area contributed by atoms with Crippen LogP contribution >= 0.6 is 11.6 Å². The van der Waals surface area contributed by atoms with E-state index < -0.39 is 10.0 Å². The zero-order chi connectivity index (χ0) is 20.4. The average Bonchev–Trinajstić information content (AvgIpc) is 3.06. The van der Waals surface area contributed by atoms with Crippen molar-refractivity contribution >= 4 is 32.8 Å². The van der Waals surface area contributed by atoms with Gasteiger partial charge < -0.3 is 4.57 Å². The lowest BCUT2D eigenvalue weighted by atomic mass is 10.2. The van der Waals surface area contributed by atoms with E-state index >= 15 is 0 Å². The van der Waals surface area contributed by atoms with Crippen LogP contribution in [0, 0.1) is 5.82 Å². The number of hydrogen-bond donors (Lipinski definition) is 1. The van der Waals surface area contributed by atoms with E-state index in [2.05, 4.69) is 14.7 Å². The number of hydrogen-bond acceptors (Lipinski definition) is 4. The molecule has 2 aromatic heterocycles. The number of imidazole rings is 1. The first-order valence-corrected chi connectivity index (χ1v) is 10.6. The summed E-state index contributed by atoms with van der Waals surface area (Å²) in [7, 11) is -3.77. The van der Waals surface area contributed by atoms with Gasteiger partial charge in [0.25, 0.3) is 0 Å². The van der Waals surface area contributed by atoms with Crippen LogP contribution in [0.5, 0.6) is 0 Å². The maximum absolute atomic E-state index is 13.2. The van der Waals surface area contributed by atoms with Gasteiger partial charge in [-0.05, 0) is 48.0 Å². The third kappa shape index (κ3) is 4.29. The van der Waals surface area contributed by atoms with Crippen LogP contribution < -0.4 is 4.72 Å². The van der Waals surface area contributed by atoms with Crippen molar-refractivity contribution < 1.29 is 12.8 Å². The van der Waals surface area contributed by atoms with Gasteiger partial charge in [-0.3, -0.25) is 0 Å². The molecule has 29 heavy (non-hydrogen) atoms. The Labute approximate surface area is 172 Å². The zero-order valence-electron chi connectivity index (χ0n) is 15.1. The quantitative estimate of drug-likeness (QED) is 0.505. The molecule has 6 nitrogen and oxygen atoms in total. The van der Waals surface area contributed by atoms with Crippen molar-refractivity contribution in [2.45, 2.75) is 18.0 Å². The van der Waals surface area contributed by atoms with Gasteiger partial charge in [0.2, 0.25) is 10.0 Å². The van der Waals surface area contributed by atoms with Crippen molar-refractivity contribution in [1.29, 1.82) is 0 Å². The Morgan fingerprint density at radius 1 is 1.07 bits per heavy atom. The minimum atomic E-state index is -3.77. The molecule has 0 aliphatic rings. The molecule has 0 bridgehead atoms. The van der Waals surface area contributed by atoms with Crippen LogP contribution in [0.2, 0.25) is 5.02 Å². The van der Waals surface area contributed by atoms with Gasteiger partial charge in [0, 0.05) is 11.2 Å². The molecular formula is C20H16ClFN4O2S. The first-order valence-electron chi connectivity index (χ1n) is 8.72. The molecule has 0 aliphatic heterocycles.